The highest BCUT2D eigenvalue weighted by atomic mass is 35.5. The van der Waals surface area contributed by atoms with E-state index in [0.717, 1.165) is 38.4 Å². The number of unbranched alkanes of at least 4 members (excludes halogenated alkanes) is 1. The van der Waals surface area contributed by atoms with E-state index in [1.165, 1.54) is 0 Å². The Morgan fingerprint density at radius 2 is 2.31 bits per heavy atom. The summed E-state index contributed by atoms with van der Waals surface area (Å²) in [4.78, 5) is 9.65. The highest BCUT2D eigenvalue weighted by Gasteiger charge is 2.31. The number of hydrogen-bond acceptors (Lipinski definition) is 3. The summed E-state index contributed by atoms with van der Waals surface area (Å²) in [5.41, 5.74) is 0. The van der Waals surface area contributed by atoms with E-state index in [4.69, 9.17) is 11.6 Å². The van der Waals surface area contributed by atoms with Gasteiger partial charge in [-0.05, 0) is 30.9 Å². The lowest BCUT2D eigenvalue weighted by Gasteiger charge is -2.23. The van der Waals surface area contributed by atoms with Crippen LogP contribution < -0.4 is 4.90 Å². The molecule has 1 aliphatic carbocycles. The zero-order valence-electron chi connectivity index (χ0n) is 9.29. The van der Waals surface area contributed by atoms with Gasteiger partial charge in [-0.25, -0.2) is 9.37 Å². The molecule has 0 unspecified atom stereocenters. The molecule has 16 heavy (non-hydrogen) atoms. The van der Waals surface area contributed by atoms with Gasteiger partial charge >= 0.3 is 0 Å². The average molecular weight is 244 g/mol. The molecule has 5 heteroatoms. The van der Waals surface area contributed by atoms with Crippen LogP contribution in [0, 0.1) is 5.82 Å². The van der Waals surface area contributed by atoms with E-state index >= 15 is 0 Å². The van der Waals surface area contributed by atoms with E-state index in [0.29, 0.717) is 11.9 Å². The van der Waals surface area contributed by atoms with E-state index in [1.807, 2.05) is 4.90 Å². The van der Waals surface area contributed by atoms with E-state index in [2.05, 4.69) is 16.9 Å². The molecule has 0 amide bonds. The van der Waals surface area contributed by atoms with Gasteiger partial charge in [-0.1, -0.05) is 13.3 Å². The zero-order valence-corrected chi connectivity index (χ0v) is 10.0. The molecule has 1 saturated carbocycles. The number of aromatic nitrogens is 2. The van der Waals surface area contributed by atoms with Crippen molar-refractivity contribution in [2.75, 3.05) is 11.4 Å². The van der Waals surface area contributed by atoms with Crippen LogP contribution in [0.2, 0.25) is 5.28 Å². The first kappa shape index (κ1) is 11.6. The standard InChI is InChI=1S/C11H15ClFN3/c1-2-3-6-16(8-4-5-8)10-9(13)7-14-11(12)15-10/h7-8H,2-6H2,1H3. The second-order valence-corrected chi connectivity index (χ2v) is 4.43. The third-order valence-electron chi connectivity index (χ3n) is 2.71. The lowest BCUT2D eigenvalue weighted by molar-refractivity contribution is 0.593. The summed E-state index contributed by atoms with van der Waals surface area (Å²) in [6.45, 7) is 2.96. The molecular formula is C11H15ClFN3. The number of nitrogens with zero attached hydrogens (tertiary/aromatic N) is 3. The van der Waals surface area contributed by atoms with Gasteiger partial charge in [0.05, 0.1) is 6.20 Å². The molecule has 0 spiro atoms. The Kier molecular flexibility index (Phi) is 3.59. The van der Waals surface area contributed by atoms with Gasteiger partial charge < -0.3 is 4.90 Å². The summed E-state index contributed by atoms with van der Waals surface area (Å²) in [5, 5.41) is 0.110. The van der Waals surface area contributed by atoms with Crippen molar-refractivity contribution in [3.8, 4) is 0 Å². The second-order valence-electron chi connectivity index (χ2n) is 4.09. The quantitative estimate of drug-likeness (QED) is 0.745. The van der Waals surface area contributed by atoms with Crippen molar-refractivity contribution in [1.29, 1.82) is 0 Å². The van der Waals surface area contributed by atoms with Gasteiger partial charge in [-0.3, -0.25) is 0 Å². The highest BCUT2D eigenvalue weighted by molar-refractivity contribution is 6.28. The normalized spacial score (nSPS) is 15.2. The van der Waals surface area contributed by atoms with Crippen LogP contribution in [0.25, 0.3) is 0 Å². The fraction of sp³-hybridized carbons (Fsp3) is 0.636. The highest BCUT2D eigenvalue weighted by Crippen LogP contribution is 2.32. The van der Waals surface area contributed by atoms with Crippen molar-refractivity contribution >= 4 is 17.4 Å². The second kappa shape index (κ2) is 4.95. The van der Waals surface area contributed by atoms with Crippen molar-refractivity contribution in [2.45, 2.75) is 38.6 Å². The molecule has 0 aliphatic heterocycles. The van der Waals surface area contributed by atoms with Crippen LogP contribution in [0.4, 0.5) is 10.2 Å². The van der Waals surface area contributed by atoms with Crippen LogP contribution in [-0.2, 0) is 0 Å². The summed E-state index contributed by atoms with van der Waals surface area (Å²) >= 11 is 5.70. The molecular weight excluding hydrogens is 229 g/mol. The maximum atomic E-state index is 13.6. The molecule has 3 nitrogen and oxygen atoms in total. The third-order valence-corrected chi connectivity index (χ3v) is 2.89. The maximum absolute atomic E-state index is 13.6. The number of anilines is 1. The number of rotatable bonds is 5. The molecule has 0 N–H and O–H groups in total. The minimum absolute atomic E-state index is 0.110. The summed E-state index contributed by atoms with van der Waals surface area (Å²) in [7, 11) is 0. The van der Waals surface area contributed by atoms with Gasteiger partial charge in [0.2, 0.25) is 5.28 Å². The van der Waals surface area contributed by atoms with Gasteiger partial charge in [-0.2, -0.15) is 4.98 Å². The minimum Gasteiger partial charge on any atom is -0.351 e. The number of halogens is 2. The molecule has 1 heterocycles. The summed E-state index contributed by atoms with van der Waals surface area (Å²) < 4.78 is 13.6. The zero-order chi connectivity index (χ0) is 11.5. The van der Waals surface area contributed by atoms with E-state index in [-0.39, 0.29) is 11.1 Å². The lowest BCUT2D eigenvalue weighted by atomic mass is 10.3. The largest absolute Gasteiger partial charge is 0.351 e. The Labute approximate surface area is 99.6 Å². The molecule has 1 aromatic rings. The minimum atomic E-state index is -0.382. The fourth-order valence-corrected chi connectivity index (χ4v) is 1.84. The molecule has 1 aromatic heterocycles. The van der Waals surface area contributed by atoms with Crippen LogP contribution >= 0.6 is 11.6 Å². The topological polar surface area (TPSA) is 29.0 Å². The van der Waals surface area contributed by atoms with Crippen LogP contribution in [0.1, 0.15) is 32.6 Å². The molecule has 2 rings (SSSR count). The van der Waals surface area contributed by atoms with Gasteiger partial charge in [0.25, 0.3) is 0 Å². The molecule has 88 valence electrons. The summed E-state index contributed by atoms with van der Waals surface area (Å²) in [6.07, 6.45) is 5.50. The Hall–Kier alpha value is -0.900. The molecule has 0 atom stereocenters. The van der Waals surface area contributed by atoms with Crippen molar-refractivity contribution in [2.24, 2.45) is 0 Å². The number of hydrogen-bond donors (Lipinski definition) is 0. The third kappa shape index (κ3) is 2.61. The molecule has 0 radical (unpaired) electrons. The van der Waals surface area contributed by atoms with E-state index in [9.17, 15) is 4.39 Å². The first-order valence-electron chi connectivity index (χ1n) is 5.67. The van der Waals surface area contributed by atoms with E-state index < -0.39 is 0 Å². The van der Waals surface area contributed by atoms with Gasteiger partial charge in [0.15, 0.2) is 11.6 Å². The molecule has 0 aromatic carbocycles. The van der Waals surface area contributed by atoms with Gasteiger partial charge in [-0.15, -0.1) is 0 Å². The molecule has 1 aliphatic rings. The van der Waals surface area contributed by atoms with Crippen LogP contribution in [0.5, 0.6) is 0 Å². The first-order chi connectivity index (χ1) is 7.72. The van der Waals surface area contributed by atoms with Crippen molar-refractivity contribution in [3.05, 3.63) is 17.3 Å². The van der Waals surface area contributed by atoms with Crippen molar-refractivity contribution in [1.82, 2.24) is 9.97 Å². The molecule has 0 saturated heterocycles. The fourth-order valence-electron chi connectivity index (χ4n) is 1.71. The monoisotopic (exact) mass is 243 g/mol. The molecule has 0 bridgehead atoms. The molecule has 1 fully saturated rings. The van der Waals surface area contributed by atoms with Crippen LogP contribution in [0.3, 0.4) is 0 Å². The first-order valence-corrected chi connectivity index (χ1v) is 6.05. The van der Waals surface area contributed by atoms with Crippen molar-refractivity contribution in [3.63, 3.8) is 0 Å². The van der Waals surface area contributed by atoms with Crippen LogP contribution in [-0.4, -0.2) is 22.6 Å². The van der Waals surface area contributed by atoms with E-state index in [1.54, 1.807) is 0 Å². The Balaban J connectivity index is 2.19. The summed E-state index contributed by atoms with van der Waals surface area (Å²) in [6, 6.07) is 0.437. The summed E-state index contributed by atoms with van der Waals surface area (Å²) in [5.74, 6) is -0.0247. The van der Waals surface area contributed by atoms with Gasteiger partial charge in [0, 0.05) is 12.6 Å². The average Bonchev–Trinajstić information content (AvgIpc) is 3.08. The smallest absolute Gasteiger partial charge is 0.224 e. The lowest BCUT2D eigenvalue weighted by Crippen LogP contribution is -2.28. The Bertz CT molecular complexity index is 368. The maximum Gasteiger partial charge on any atom is 0.224 e. The van der Waals surface area contributed by atoms with Gasteiger partial charge in [0.1, 0.15) is 0 Å². The Morgan fingerprint density at radius 1 is 1.56 bits per heavy atom. The predicted octanol–water partition coefficient (Wildman–Crippen LogP) is 3.04. The predicted molar refractivity (Wildman–Crippen MR) is 62.3 cm³/mol. The SMILES string of the molecule is CCCCN(c1nc(Cl)ncc1F)C1CC1. The van der Waals surface area contributed by atoms with Crippen LogP contribution in [0.15, 0.2) is 6.20 Å². The Morgan fingerprint density at radius 3 is 2.94 bits per heavy atom. The van der Waals surface area contributed by atoms with Crippen molar-refractivity contribution < 1.29 is 4.39 Å².